The third-order valence-electron chi connectivity index (χ3n) is 1.85. The smallest absolute Gasteiger partial charge is 0.258 e. The molecular weight excluding hydrogens is 289 g/mol. The third-order valence-corrected chi connectivity index (χ3v) is 4.06. The number of nitrogens with one attached hydrogen (secondary N) is 1. The first kappa shape index (κ1) is 14.2. The lowest BCUT2D eigenvalue weighted by molar-refractivity contribution is -0.126. The van der Waals surface area contributed by atoms with Crippen LogP contribution in [0.2, 0.25) is 10.0 Å². The molecule has 1 rings (SSSR count). The zero-order valence-electron chi connectivity index (χ0n) is 8.48. The number of carbonyl (C=O) groups excluding carboxylic acids is 1. The molecule has 2 N–H and O–H groups in total. The van der Waals surface area contributed by atoms with E-state index in [0.29, 0.717) is 10.6 Å². The van der Waals surface area contributed by atoms with Gasteiger partial charge in [0.05, 0.1) is 15.8 Å². The van der Waals surface area contributed by atoms with Crippen LogP contribution >= 0.6 is 23.2 Å². The highest BCUT2D eigenvalue weighted by molar-refractivity contribution is 7.91. The zero-order valence-corrected chi connectivity index (χ0v) is 10.8. The van der Waals surface area contributed by atoms with Gasteiger partial charge < -0.3 is 0 Å². The summed E-state index contributed by atoms with van der Waals surface area (Å²) in [5.74, 6) is -2.12. The predicted octanol–water partition coefficient (Wildman–Crippen LogP) is 1.41. The minimum absolute atomic E-state index is 0.242. The van der Waals surface area contributed by atoms with E-state index in [1.165, 1.54) is 23.7 Å². The van der Waals surface area contributed by atoms with Gasteiger partial charge in [-0.25, -0.2) is 13.9 Å². The maximum absolute atomic E-state index is 11.5. The van der Waals surface area contributed by atoms with Crippen molar-refractivity contribution in [1.29, 1.82) is 0 Å². The van der Waals surface area contributed by atoms with Crippen molar-refractivity contribution < 1.29 is 18.4 Å². The second-order valence-corrected chi connectivity index (χ2v) is 6.19. The Balaban J connectivity index is 2.83. The summed E-state index contributed by atoms with van der Waals surface area (Å²) in [5, 5.41) is 8.80. The van der Waals surface area contributed by atoms with E-state index in [2.05, 4.69) is 0 Å². The maximum atomic E-state index is 11.5. The molecule has 5 nitrogen and oxygen atoms in total. The molecule has 0 aliphatic heterocycles. The van der Waals surface area contributed by atoms with Gasteiger partial charge in [-0.1, -0.05) is 29.3 Å². The van der Waals surface area contributed by atoms with Crippen molar-refractivity contribution in [2.45, 2.75) is 5.75 Å². The first-order valence-electron chi connectivity index (χ1n) is 4.41. The molecule has 0 fully saturated rings. The molecule has 0 heterocycles. The fourth-order valence-corrected chi connectivity index (χ4v) is 2.74. The van der Waals surface area contributed by atoms with Gasteiger partial charge in [0.25, 0.3) is 5.91 Å². The van der Waals surface area contributed by atoms with Crippen molar-refractivity contribution in [3.63, 3.8) is 0 Å². The minimum atomic E-state index is -3.65. The molecule has 0 radical (unpaired) electrons. The first-order valence-corrected chi connectivity index (χ1v) is 6.99. The van der Waals surface area contributed by atoms with Crippen LogP contribution in [-0.2, 0) is 20.4 Å². The number of hydrogen-bond acceptors (Lipinski definition) is 4. The Labute approximate surface area is 108 Å². The highest BCUT2D eigenvalue weighted by Gasteiger charge is 2.17. The summed E-state index contributed by atoms with van der Waals surface area (Å²) in [6.07, 6.45) is 0. The van der Waals surface area contributed by atoms with Crippen molar-refractivity contribution in [2.75, 3.05) is 5.75 Å². The summed E-state index contributed by atoms with van der Waals surface area (Å²) < 4.78 is 23.0. The number of rotatable bonds is 4. The van der Waals surface area contributed by atoms with E-state index in [-0.39, 0.29) is 10.8 Å². The molecule has 1 amide bonds. The summed E-state index contributed by atoms with van der Waals surface area (Å²) in [4.78, 5) is 10.8. The molecule has 8 heteroatoms. The Bertz CT molecular complexity index is 530. The summed E-state index contributed by atoms with van der Waals surface area (Å²) in [5.41, 5.74) is 1.68. The molecule has 0 aliphatic rings. The lowest BCUT2D eigenvalue weighted by Crippen LogP contribution is -2.28. The summed E-state index contributed by atoms with van der Waals surface area (Å²) in [6.45, 7) is 0. The Morgan fingerprint density at radius 3 is 2.47 bits per heavy atom. The molecule has 1 aromatic carbocycles. The number of carbonyl (C=O) groups is 1. The molecule has 0 unspecified atom stereocenters. The fourth-order valence-electron chi connectivity index (χ4n) is 1.17. The molecule has 0 bridgehead atoms. The number of hydrogen-bond donors (Lipinski definition) is 2. The SMILES string of the molecule is O=C(CS(=O)(=O)Cc1ccc(Cl)c(Cl)c1)NO. The van der Waals surface area contributed by atoms with E-state index >= 15 is 0 Å². The quantitative estimate of drug-likeness (QED) is 0.650. The Hall–Kier alpha value is -0.820. The Morgan fingerprint density at radius 2 is 1.94 bits per heavy atom. The molecule has 17 heavy (non-hydrogen) atoms. The van der Waals surface area contributed by atoms with Crippen LogP contribution in [0, 0.1) is 0 Å². The van der Waals surface area contributed by atoms with Crippen molar-refractivity contribution in [3.8, 4) is 0 Å². The molecule has 0 atom stereocenters. The van der Waals surface area contributed by atoms with Crippen molar-refractivity contribution in [1.82, 2.24) is 5.48 Å². The maximum Gasteiger partial charge on any atom is 0.258 e. The lowest BCUT2D eigenvalue weighted by Gasteiger charge is -2.04. The van der Waals surface area contributed by atoms with E-state index in [4.69, 9.17) is 28.4 Å². The highest BCUT2D eigenvalue weighted by atomic mass is 35.5. The first-order chi connectivity index (χ1) is 7.84. The predicted molar refractivity (Wildman–Crippen MR) is 63.9 cm³/mol. The van der Waals surface area contributed by atoms with Gasteiger partial charge in [0.2, 0.25) is 0 Å². The van der Waals surface area contributed by atoms with Gasteiger partial charge >= 0.3 is 0 Å². The number of benzene rings is 1. The second-order valence-electron chi connectivity index (χ2n) is 3.32. The van der Waals surface area contributed by atoms with Gasteiger partial charge in [-0.05, 0) is 17.7 Å². The lowest BCUT2D eigenvalue weighted by atomic mass is 10.2. The molecule has 0 saturated carbocycles. The van der Waals surface area contributed by atoms with Gasteiger partial charge in [-0.15, -0.1) is 0 Å². The molecular formula is C9H9Cl2NO4S. The molecule has 1 aromatic rings. The zero-order chi connectivity index (χ0) is 13.1. The van der Waals surface area contributed by atoms with E-state index in [9.17, 15) is 13.2 Å². The topological polar surface area (TPSA) is 83.5 Å². The Morgan fingerprint density at radius 1 is 1.29 bits per heavy atom. The summed E-state index contributed by atoms with van der Waals surface area (Å²) >= 11 is 11.4. The van der Waals surface area contributed by atoms with Gasteiger partial charge in [0.1, 0.15) is 5.75 Å². The molecule has 0 saturated heterocycles. The largest absolute Gasteiger partial charge is 0.289 e. The molecule has 94 valence electrons. The van der Waals surface area contributed by atoms with Crippen LogP contribution in [0.15, 0.2) is 18.2 Å². The monoisotopic (exact) mass is 297 g/mol. The van der Waals surface area contributed by atoms with Gasteiger partial charge in [0.15, 0.2) is 9.84 Å². The van der Waals surface area contributed by atoms with Crippen molar-refractivity contribution in [3.05, 3.63) is 33.8 Å². The van der Waals surface area contributed by atoms with Crippen molar-refractivity contribution in [2.24, 2.45) is 0 Å². The van der Waals surface area contributed by atoms with E-state index in [0.717, 1.165) is 0 Å². The van der Waals surface area contributed by atoms with E-state index < -0.39 is 21.5 Å². The number of hydroxylamine groups is 1. The van der Waals surface area contributed by atoms with Gasteiger partial charge in [-0.2, -0.15) is 0 Å². The van der Waals surface area contributed by atoms with Crippen LogP contribution in [0.4, 0.5) is 0 Å². The van der Waals surface area contributed by atoms with Gasteiger partial charge in [-0.3, -0.25) is 10.0 Å². The van der Waals surface area contributed by atoms with Crippen LogP contribution in [0.3, 0.4) is 0 Å². The van der Waals surface area contributed by atoms with Crippen molar-refractivity contribution >= 4 is 38.9 Å². The van der Waals surface area contributed by atoms with Crippen LogP contribution in [-0.4, -0.2) is 25.3 Å². The summed E-state index contributed by atoms with van der Waals surface area (Å²) in [6, 6.07) is 4.39. The average Bonchev–Trinajstić information content (AvgIpc) is 2.22. The molecule has 0 aliphatic carbocycles. The average molecular weight is 298 g/mol. The number of amides is 1. The standard InChI is InChI=1S/C9H9Cl2NO4S/c10-7-2-1-6(3-8(7)11)4-17(15,16)5-9(13)12-14/h1-3,14H,4-5H2,(H,12,13). The molecule has 0 aromatic heterocycles. The number of halogens is 2. The second kappa shape index (κ2) is 5.68. The van der Waals surface area contributed by atoms with E-state index in [1.807, 2.05) is 0 Å². The highest BCUT2D eigenvalue weighted by Crippen LogP contribution is 2.23. The van der Waals surface area contributed by atoms with E-state index in [1.54, 1.807) is 0 Å². The van der Waals surface area contributed by atoms with Crippen LogP contribution in [0.1, 0.15) is 5.56 Å². The normalized spacial score (nSPS) is 11.2. The van der Waals surface area contributed by atoms with Crippen LogP contribution in [0.25, 0.3) is 0 Å². The van der Waals surface area contributed by atoms with Crippen LogP contribution in [0.5, 0.6) is 0 Å². The van der Waals surface area contributed by atoms with Crippen LogP contribution < -0.4 is 5.48 Å². The Kier molecular flexibility index (Phi) is 4.76. The van der Waals surface area contributed by atoms with Gasteiger partial charge in [0, 0.05) is 0 Å². The number of sulfone groups is 1. The fraction of sp³-hybridized carbons (Fsp3) is 0.222. The minimum Gasteiger partial charge on any atom is -0.289 e. The summed E-state index contributed by atoms with van der Waals surface area (Å²) in [7, 11) is -3.65. The molecule has 0 spiro atoms. The third kappa shape index (κ3) is 4.51.